The summed E-state index contributed by atoms with van der Waals surface area (Å²) in [5.74, 6) is 2.48. The minimum Gasteiger partial charge on any atom is -0.378 e. The van der Waals surface area contributed by atoms with E-state index in [1.54, 1.807) is 6.33 Å². The molecule has 1 aromatic heterocycles. The summed E-state index contributed by atoms with van der Waals surface area (Å²) in [6.45, 7) is 4.46. The lowest BCUT2D eigenvalue weighted by molar-refractivity contribution is -0.121. The highest BCUT2D eigenvalue weighted by molar-refractivity contribution is 5.76. The third-order valence-corrected chi connectivity index (χ3v) is 3.91. The number of nitrogens with zero attached hydrogens (tertiary/aromatic N) is 3. The van der Waals surface area contributed by atoms with E-state index in [1.165, 1.54) is 12.8 Å². The third kappa shape index (κ3) is 4.56. The van der Waals surface area contributed by atoms with E-state index in [1.807, 2.05) is 6.07 Å². The number of nitrogens with one attached hydrogen (secondary N) is 2. The average Bonchev–Trinajstić information content (AvgIpc) is 3.37. The van der Waals surface area contributed by atoms with Crippen LogP contribution in [0.15, 0.2) is 12.4 Å². The van der Waals surface area contributed by atoms with E-state index in [2.05, 4.69) is 25.5 Å². The molecule has 1 aliphatic carbocycles. The second kappa shape index (κ2) is 7.40. The standard InChI is InChI=1S/C15H23N5O2/c21-15(9-12-1-2-12)17-4-3-16-13-10-14(19-11-18-13)20-5-7-22-8-6-20/h10-12H,1-9H2,(H,17,21)(H,16,18,19). The largest absolute Gasteiger partial charge is 0.378 e. The molecule has 1 aromatic rings. The lowest BCUT2D eigenvalue weighted by Crippen LogP contribution is -2.36. The Balaban J connectivity index is 1.40. The van der Waals surface area contributed by atoms with Crippen LogP contribution in [0.1, 0.15) is 19.3 Å². The Labute approximate surface area is 130 Å². The van der Waals surface area contributed by atoms with Gasteiger partial charge < -0.3 is 20.3 Å². The van der Waals surface area contributed by atoms with Crippen molar-refractivity contribution in [3.8, 4) is 0 Å². The summed E-state index contributed by atoms with van der Waals surface area (Å²) in [6.07, 6.45) is 4.65. The molecule has 1 amide bonds. The first-order chi connectivity index (χ1) is 10.8. The van der Waals surface area contributed by atoms with E-state index in [-0.39, 0.29) is 5.91 Å². The van der Waals surface area contributed by atoms with E-state index < -0.39 is 0 Å². The van der Waals surface area contributed by atoms with Crippen LogP contribution in [0.5, 0.6) is 0 Å². The van der Waals surface area contributed by atoms with Gasteiger partial charge in [0.1, 0.15) is 18.0 Å². The molecule has 3 rings (SSSR count). The van der Waals surface area contributed by atoms with Crippen LogP contribution >= 0.6 is 0 Å². The quantitative estimate of drug-likeness (QED) is 0.720. The third-order valence-electron chi connectivity index (χ3n) is 3.91. The summed E-state index contributed by atoms with van der Waals surface area (Å²) in [7, 11) is 0. The van der Waals surface area contributed by atoms with E-state index in [4.69, 9.17) is 4.74 Å². The summed E-state index contributed by atoms with van der Waals surface area (Å²) in [6, 6.07) is 1.94. The number of hydrogen-bond donors (Lipinski definition) is 2. The Morgan fingerprint density at radius 3 is 2.86 bits per heavy atom. The maximum Gasteiger partial charge on any atom is 0.220 e. The van der Waals surface area contributed by atoms with Gasteiger partial charge in [-0.3, -0.25) is 4.79 Å². The van der Waals surface area contributed by atoms with Crippen molar-refractivity contribution in [2.24, 2.45) is 5.92 Å². The van der Waals surface area contributed by atoms with E-state index >= 15 is 0 Å². The first-order valence-electron chi connectivity index (χ1n) is 7.96. The minimum atomic E-state index is 0.154. The van der Waals surface area contributed by atoms with Gasteiger partial charge in [-0.2, -0.15) is 0 Å². The fraction of sp³-hybridized carbons (Fsp3) is 0.667. The van der Waals surface area contributed by atoms with Crippen LogP contribution in [0.3, 0.4) is 0 Å². The van der Waals surface area contributed by atoms with Crippen LogP contribution in [0.4, 0.5) is 11.6 Å². The Morgan fingerprint density at radius 1 is 1.27 bits per heavy atom. The predicted molar refractivity (Wildman–Crippen MR) is 83.9 cm³/mol. The Kier molecular flexibility index (Phi) is 5.05. The molecule has 120 valence electrons. The number of rotatable bonds is 7. The van der Waals surface area contributed by atoms with Crippen LogP contribution in [0.2, 0.25) is 0 Å². The lowest BCUT2D eigenvalue weighted by Gasteiger charge is -2.27. The summed E-state index contributed by atoms with van der Waals surface area (Å²) in [5.41, 5.74) is 0. The molecule has 7 heteroatoms. The number of morpholine rings is 1. The monoisotopic (exact) mass is 305 g/mol. The van der Waals surface area contributed by atoms with Gasteiger partial charge in [0.15, 0.2) is 0 Å². The fourth-order valence-electron chi connectivity index (χ4n) is 2.46. The van der Waals surface area contributed by atoms with Gasteiger partial charge in [-0.15, -0.1) is 0 Å². The van der Waals surface area contributed by atoms with Gasteiger partial charge in [0.2, 0.25) is 5.91 Å². The number of anilines is 2. The van der Waals surface area contributed by atoms with Crippen LogP contribution in [-0.2, 0) is 9.53 Å². The highest BCUT2D eigenvalue weighted by Crippen LogP contribution is 2.31. The highest BCUT2D eigenvalue weighted by Gasteiger charge is 2.23. The maximum absolute atomic E-state index is 11.6. The number of carbonyl (C=O) groups is 1. The van der Waals surface area contributed by atoms with Gasteiger partial charge >= 0.3 is 0 Å². The molecule has 1 aliphatic heterocycles. The molecule has 2 heterocycles. The molecule has 1 saturated heterocycles. The highest BCUT2D eigenvalue weighted by atomic mass is 16.5. The van der Waals surface area contributed by atoms with Crippen LogP contribution in [0, 0.1) is 5.92 Å². The van der Waals surface area contributed by atoms with Crippen molar-refractivity contribution in [3.63, 3.8) is 0 Å². The first-order valence-corrected chi connectivity index (χ1v) is 7.96. The van der Waals surface area contributed by atoms with Crippen LogP contribution < -0.4 is 15.5 Å². The predicted octanol–water partition coefficient (Wildman–Crippen LogP) is 0.641. The summed E-state index contributed by atoms with van der Waals surface area (Å²) in [5, 5.41) is 6.16. The van der Waals surface area contributed by atoms with Crippen molar-refractivity contribution >= 4 is 17.5 Å². The molecule has 0 spiro atoms. The molecule has 0 radical (unpaired) electrons. The van der Waals surface area contributed by atoms with Gasteiger partial charge in [0, 0.05) is 38.7 Å². The lowest BCUT2D eigenvalue weighted by atomic mass is 10.3. The molecule has 0 aromatic carbocycles. The van der Waals surface area contributed by atoms with Crippen molar-refractivity contribution in [1.29, 1.82) is 0 Å². The van der Waals surface area contributed by atoms with Gasteiger partial charge in [-0.25, -0.2) is 9.97 Å². The van der Waals surface area contributed by atoms with Crippen molar-refractivity contribution in [2.45, 2.75) is 19.3 Å². The van der Waals surface area contributed by atoms with Crippen molar-refractivity contribution in [3.05, 3.63) is 12.4 Å². The normalized spacial score (nSPS) is 18.1. The Bertz CT molecular complexity index is 500. The fourth-order valence-corrected chi connectivity index (χ4v) is 2.46. The molecule has 2 fully saturated rings. The molecule has 7 nitrogen and oxygen atoms in total. The maximum atomic E-state index is 11.6. The molecule has 0 unspecified atom stereocenters. The zero-order valence-electron chi connectivity index (χ0n) is 12.8. The molecular weight excluding hydrogens is 282 g/mol. The van der Waals surface area contributed by atoms with Gasteiger partial charge in [0.25, 0.3) is 0 Å². The number of hydrogen-bond acceptors (Lipinski definition) is 6. The van der Waals surface area contributed by atoms with Crippen molar-refractivity contribution in [2.75, 3.05) is 49.6 Å². The minimum absolute atomic E-state index is 0.154. The van der Waals surface area contributed by atoms with Gasteiger partial charge in [-0.1, -0.05) is 0 Å². The second-order valence-electron chi connectivity index (χ2n) is 5.79. The summed E-state index contributed by atoms with van der Waals surface area (Å²) >= 11 is 0. The van der Waals surface area contributed by atoms with E-state index in [0.29, 0.717) is 25.4 Å². The molecule has 0 bridgehead atoms. The van der Waals surface area contributed by atoms with Crippen molar-refractivity contribution < 1.29 is 9.53 Å². The summed E-state index contributed by atoms with van der Waals surface area (Å²) < 4.78 is 5.34. The van der Waals surface area contributed by atoms with Gasteiger partial charge in [-0.05, 0) is 18.8 Å². The molecule has 2 aliphatic rings. The molecule has 2 N–H and O–H groups in total. The van der Waals surface area contributed by atoms with Crippen LogP contribution in [-0.4, -0.2) is 55.3 Å². The number of ether oxygens (including phenoxy) is 1. The molecule has 0 atom stereocenters. The second-order valence-corrected chi connectivity index (χ2v) is 5.79. The average molecular weight is 305 g/mol. The first kappa shape index (κ1) is 15.0. The number of carbonyl (C=O) groups excluding carboxylic acids is 1. The number of aromatic nitrogens is 2. The Hall–Kier alpha value is -1.89. The van der Waals surface area contributed by atoms with Gasteiger partial charge in [0.05, 0.1) is 13.2 Å². The van der Waals surface area contributed by atoms with Crippen LogP contribution in [0.25, 0.3) is 0 Å². The Morgan fingerprint density at radius 2 is 2.09 bits per heavy atom. The zero-order chi connectivity index (χ0) is 15.2. The summed E-state index contributed by atoms with van der Waals surface area (Å²) in [4.78, 5) is 22.3. The smallest absolute Gasteiger partial charge is 0.220 e. The zero-order valence-corrected chi connectivity index (χ0v) is 12.8. The van der Waals surface area contributed by atoms with E-state index in [0.717, 1.165) is 37.9 Å². The topological polar surface area (TPSA) is 79.4 Å². The molecule has 22 heavy (non-hydrogen) atoms. The molecular formula is C15H23N5O2. The van der Waals surface area contributed by atoms with E-state index in [9.17, 15) is 4.79 Å². The molecule has 1 saturated carbocycles. The SMILES string of the molecule is O=C(CC1CC1)NCCNc1cc(N2CCOCC2)ncn1. The number of amides is 1. The van der Waals surface area contributed by atoms with Crippen molar-refractivity contribution in [1.82, 2.24) is 15.3 Å².